The summed E-state index contributed by atoms with van der Waals surface area (Å²) in [6, 6.07) is 23.4. The van der Waals surface area contributed by atoms with E-state index in [0.717, 1.165) is 39.1 Å². The summed E-state index contributed by atoms with van der Waals surface area (Å²) in [6.45, 7) is 0.146. The summed E-state index contributed by atoms with van der Waals surface area (Å²) in [7, 11) is 1.60. The maximum atomic E-state index is 12.6. The molecule has 0 bridgehead atoms. The van der Waals surface area contributed by atoms with Crippen LogP contribution in [0, 0.1) is 11.3 Å². The van der Waals surface area contributed by atoms with E-state index < -0.39 is 6.09 Å². The first-order chi connectivity index (χ1) is 18.5. The number of hydrogen-bond donors (Lipinski definition) is 1. The van der Waals surface area contributed by atoms with Gasteiger partial charge in [-0.25, -0.2) is 9.78 Å². The molecule has 0 saturated carbocycles. The molecular weight excluding hydrogens is 521 g/mol. The highest BCUT2D eigenvalue weighted by Crippen LogP contribution is 2.45. The molecule has 190 valence electrons. The second-order valence-electron chi connectivity index (χ2n) is 8.83. The molecule has 8 heteroatoms. The highest BCUT2D eigenvalue weighted by molar-refractivity contribution is 6.42. The summed E-state index contributed by atoms with van der Waals surface area (Å²) in [5.41, 5.74) is 5.90. The van der Waals surface area contributed by atoms with Gasteiger partial charge in [0.05, 0.1) is 23.8 Å². The fourth-order valence-corrected chi connectivity index (χ4v) is 5.20. The normalized spacial score (nSPS) is 13.6. The molecule has 1 atom stereocenters. The van der Waals surface area contributed by atoms with Crippen LogP contribution in [0.4, 0.5) is 10.6 Å². The third-order valence-electron chi connectivity index (χ3n) is 6.66. The number of methoxy groups -OCH3 is 1. The number of aromatic nitrogens is 1. The van der Waals surface area contributed by atoms with Crippen LogP contribution in [-0.4, -0.2) is 24.8 Å². The Bertz CT molecular complexity index is 1570. The minimum Gasteiger partial charge on any atom is -0.496 e. The number of nitriles is 1. The van der Waals surface area contributed by atoms with Crippen molar-refractivity contribution in [1.82, 2.24) is 4.98 Å². The van der Waals surface area contributed by atoms with Crippen LogP contribution in [0.25, 0.3) is 11.1 Å². The third kappa shape index (κ3) is 5.04. The lowest BCUT2D eigenvalue weighted by atomic mass is 9.75. The zero-order valence-electron chi connectivity index (χ0n) is 20.5. The predicted molar refractivity (Wildman–Crippen MR) is 148 cm³/mol. The van der Waals surface area contributed by atoms with Crippen LogP contribution in [0.3, 0.4) is 0 Å². The number of para-hydroxylation sites is 1. The average Bonchev–Trinajstić information content (AvgIpc) is 2.94. The number of carbonyl (C=O) groups is 1. The number of amides is 1. The van der Waals surface area contributed by atoms with E-state index in [0.29, 0.717) is 28.5 Å². The van der Waals surface area contributed by atoms with Gasteiger partial charge in [0.2, 0.25) is 0 Å². The minimum absolute atomic E-state index is 0.0144. The lowest BCUT2D eigenvalue weighted by Crippen LogP contribution is -2.19. The molecule has 5 rings (SSSR count). The summed E-state index contributed by atoms with van der Waals surface area (Å²) in [4.78, 5) is 17.0. The van der Waals surface area contributed by atoms with Crippen molar-refractivity contribution in [3.8, 4) is 22.9 Å². The Morgan fingerprint density at radius 3 is 2.68 bits per heavy atom. The van der Waals surface area contributed by atoms with Crippen molar-refractivity contribution in [3.63, 3.8) is 0 Å². The van der Waals surface area contributed by atoms with Crippen LogP contribution in [0.2, 0.25) is 10.0 Å². The number of nitrogens with zero attached hydrogens (tertiary/aromatic N) is 2. The number of nitrogens with one attached hydrogen (secondary N) is 1. The summed E-state index contributed by atoms with van der Waals surface area (Å²) >= 11 is 12.5. The molecule has 1 heterocycles. The van der Waals surface area contributed by atoms with Crippen LogP contribution in [-0.2, 0) is 17.6 Å². The molecule has 3 aromatic carbocycles. The lowest BCUT2D eigenvalue weighted by molar-refractivity contribution is 0.162. The van der Waals surface area contributed by atoms with E-state index in [2.05, 4.69) is 16.4 Å². The molecule has 1 N–H and O–H groups in total. The number of anilines is 1. The molecule has 0 fully saturated rings. The monoisotopic (exact) mass is 543 g/mol. The number of pyridine rings is 1. The van der Waals surface area contributed by atoms with Crippen LogP contribution in [0.15, 0.2) is 72.9 Å². The van der Waals surface area contributed by atoms with E-state index in [-0.39, 0.29) is 18.3 Å². The summed E-state index contributed by atoms with van der Waals surface area (Å²) < 4.78 is 10.7. The number of rotatable bonds is 6. The van der Waals surface area contributed by atoms with Gasteiger partial charge in [0.1, 0.15) is 17.4 Å². The first-order valence-electron chi connectivity index (χ1n) is 12.0. The van der Waals surface area contributed by atoms with Crippen molar-refractivity contribution in [3.05, 3.63) is 111 Å². The van der Waals surface area contributed by atoms with E-state index in [9.17, 15) is 10.1 Å². The average molecular weight is 544 g/mol. The number of fused-ring (bicyclic) bond motifs is 3. The second-order valence-corrected chi connectivity index (χ2v) is 9.65. The van der Waals surface area contributed by atoms with Gasteiger partial charge in [-0.2, -0.15) is 5.26 Å². The van der Waals surface area contributed by atoms with Gasteiger partial charge in [0.25, 0.3) is 0 Å². The van der Waals surface area contributed by atoms with Crippen molar-refractivity contribution in [1.29, 1.82) is 5.26 Å². The van der Waals surface area contributed by atoms with Crippen molar-refractivity contribution < 1.29 is 14.3 Å². The Labute approximate surface area is 230 Å². The van der Waals surface area contributed by atoms with Gasteiger partial charge in [-0.05, 0) is 52.4 Å². The van der Waals surface area contributed by atoms with Gasteiger partial charge in [0, 0.05) is 24.1 Å². The number of benzene rings is 3. The zero-order valence-corrected chi connectivity index (χ0v) is 22.0. The fourth-order valence-electron chi connectivity index (χ4n) is 4.90. The summed E-state index contributed by atoms with van der Waals surface area (Å²) in [6.07, 6.45) is 2.14. The van der Waals surface area contributed by atoms with E-state index in [4.69, 9.17) is 32.7 Å². The smallest absolute Gasteiger partial charge is 0.412 e. The Morgan fingerprint density at radius 2 is 1.89 bits per heavy atom. The van der Waals surface area contributed by atoms with Gasteiger partial charge >= 0.3 is 6.09 Å². The highest BCUT2D eigenvalue weighted by atomic mass is 35.5. The quantitative estimate of drug-likeness (QED) is 0.273. The maximum absolute atomic E-state index is 12.6. The predicted octanol–water partition coefficient (Wildman–Crippen LogP) is 7.41. The van der Waals surface area contributed by atoms with Crippen LogP contribution >= 0.6 is 23.2 Å². The first-order valence-corrected chi connectivity index (χ1v) is 12.8. The van der Waals surface area contributed by atoms with E-state index in [1.54, 1.807) is 19.4 Å². The number of hydrogen-bond acceptors (Lipinski definition) is 5. The van der Waals surface area contributed by atoms with Gasteiger partial charge in [-0.3, -0.25) is 5.32 Å². The van der Waals surface area contributed by atoms with E-state index in [1.165, 1.54) is 0 Å². The number of carbonyl (C=O) groups excluding carboxylic acids is 1. The molecule has 1 aliphatic rings. The Morgan fingerprint density at radius 1 is 1.11 bits per heavy atom. The summed E-state index contributed by atoms with van der Waals surface area (Å²) in [5.74, 6) is 0.911. The highest BCUT2D eigenvalue weighted by Gasteiger charge is 2.30. The molecule has 6 nitrogen and oxygen atoms in total. The minimum atomic E-state index is -0.679. The number of halogens is 2. The molecule has 0 radical (unpaired) electrons. The summed E-state index contributed by atoms with van der Waals surface area (Å²) in [5, 5.41) is 13.8. The fraction of sp³-hybridized carbons (Fsp3) is 0.167. The van der Waals surface area contributed by atoms with Crippen LogP contribution < -0.4 is 10.1 Å². The van der Waals surface area contributed by atoms with Crippen molar-refractivity contribution in [2.24, 2.45) is 0 Å². The van der Waals surface area contributed by atoms with E-state index >= 15 is 0 Å². The van der Waals surface area contributed by atoms with Gasteiger partial charge in [0.15, 0.2) is 5.82 Å². The number of ether oxygens (including phenoxy) is 2. The largest absolute Gasteiger partial charge is 0.496 e. The van der Waals surface area contributed by atoms with Gasteiger partial charge in [-0.1, -0.05) is 71.7 Å². The van der Waals surface area contributed by atoms with Crippen molar-refractivity contribution >= 4 is 35.1 Å². The Balaban J connectivity index is 1.39. The van der Waals surface area contributed by atoms with E-state index in [1.807, 2.05) is 60.7 Å². The molecule has 1 amide bonds. The standard InChI is InChI=1S/C30H23Cl2N3O3/c1-37-27-9-5-2-6-18(27)12-13-38-30(36)35-29-24(16-33)28-20(17-34-29)14-23(21-7-3-4-8-22(21)28)19-10-11-25(31)26(32)15-19/h2-11,15,17,23H,12-14H2,1H3,(H,34,35,36). The molecule has 1 aliphatic carbocycles. The molecule has 38 heavy (non-hydrogen) atoms. The SMILES string of the molecule is COc1ccccc1CCOC(=O)Nc1ncc2c(c1C#N)-c1ccccc1C(c1ccc(Cl)c(Cl)c1)C2. The van der Waals surface area contributed by atoms with Crippen LogP contribution in [0.5, 0.6) is 5.75 Å². The molecular formula is C30H23Cl2N3O3. The lowest BCUT2D eigenvalue weighted by Gasteiger charge is -2.29. The second kappa shape index (κ2) is 11.1. The molecule has 0 aliphatic heterocycles. The Hall–Kier alpha value is -4.05. The van der Waals surface area contributed by atoms with Gasteiger partial charge < -0.3 is 9.47 Å². The van der Waals surface area contributed by atoms with Gasteiger partial charge in [-0.15, -0.1) is 0 Å². The maximum Gasteiger partial charge on any atom is 0.412 e. The molecule has 1 aromatic heterocycles. The zero-order chi connectivity index (χ0) is 26.6. The molecule has 1 unspecified atom stereocenters. The topological polar surface area (TPSA) is 84.2 Å². The van der Waals surface area contributed by atoms with Crippen molar-refractivity contribution in [2.45, 2.75) is 18.8 Å². The van der Waals surface area contributed by atoms with Crippen molar-refractivity contribution in [2.75, 3.05) is 19.0 Å². The molecule has 4 aromatic rings. The van der Waals surface area contributed by atoms with Crippen LogP contribution in [0.1, 0.15) is 33.7 Å². The third-order valence-corrected chi connectivity index (χ3v) is 7.40. The Kier molecular flexibility index (Phi) is 7.50. The molecule has 0 saturated heterocycles. The molecule has 0 spiro atoms. The first kappa shape index (κ1) is 25.6.